The molecule has 2 aliphatic rings. The fourth-order valence-electron chi connectivity index (χ4n) is 8.35. The van der Waals surface area contributed by atoms with Crippen LogP contribution in [0.4, 0.5) is 42.8 Å². The van der Waals surface area contributed by atoms with Crippen LogP contribution in [-0.2, 0) is 29.9 Å². The van der Waals surface area contributed by atoms with E-state index in [1.165, 1.54) is 25.0 Å². The van der Waals surface area contributed by atoms with Gasteiger partial charge in [0.15, 0.2) is 0 Å². The molecule has 8 heterocycles. The zero-order valence-corrected chi connectivity index (χ0v) is 49.7. The van der Waals surface area contributed by atoms with Crippen molar-refractivity contribution in [3.63, 3.8) is 0 Å². The van der Waals surface area contributed by atoms with E-state index in [0.29, 0.717) is 47.4 Å². The summed E-state index contributed by atoms with van der Waals surface area (Å²) in [7, 11) is 0. The van der Waals surface area contributed by atoms with E-state index in [1.807, 2.05) is 20.8 Å². The minimum absolute atomic E-state index is 0.108. The molecule has 5 N–H and O–H groups in total. The lowest BCUT2D eigenvalue weighted by Gasteiger charge is -2.35. The maximum atomic E-state index is 13.1. The lowest BCUT2D eigenvalue weighted by Crippen LogP contribution is -2.50. The van der Waals surface area contributed by atoms with Crippen LogP contribution < -0.4 is 26.6 Å². The Morgan fingerprint density at radius 2 is 1.01 bits per heavy atom. The van der Waals surface area contributed by atoms with Crippen LogP contribution >= 0.6 is 45.9 Å². The van der Waals surface area contributed by atoms with E-state index in [2.05, 4.69) is 76.3 Å². The highest BCUT2D eigenvalue weighted by Gasteiger charge is 2.35. The van der Waals surface area contributed by atoms with Gasteiger partial charge in [0.05, 0.1) is 45.6 Å². The lowest BCUT2D eigenvalue weighted by molar-refractivity contribution is -0.138. The number of nitrogens with one attached hydrogen (secondary N) is 5. The van der Waals surface area contributed by atoms with Crippen molar-refractivity contribution < 1.29 is 55.1 Å². The van der Waals surface area contributed by atoms with Gasteiger partial charge in [-0.05, 0) is 97.7 Å². The number of alkyl halides is 6. The summed E-state index contributed by atoms with van der Waals surface area (Å²) in [6.07, 6.45) is 0.225. The van der Waals surface area contributed by atoms with Gasteiger partial charge in [-0.3, -0.25) is 24.1 Å². The van der Waals surface area contributed by atoms with Crippen molar-refractivity contribution in [2.75, 3.05) is 76.1 Å². The first-order valence-electron chi connectivity index (χ1n) is 26.6. The predicted octanol–water partition coefficient (Wildman–Crippen LogP) is 8.81. The molecule has 8 rings (SSSR count). The van der Waals surface area contributed by atoms with Crippen molar-refractivity contribution in [3.05, 3.63) is 125 Å². The summed E-state index contributed by atoms with van der Waals surface area (Å²) >= 11 is 13.1. The van der Waals surface area contributed by atoms with Crippen LogP contribution in [0.3, 0.4) is 0 Å². The van der Waals surface area contributed by atoms with Gasteiger partial charge < -0.3 is 41.1 Å². The molecular formula is C53H60Cl2F6N16O6S2. The second-order valence-corrected chi connectivity index (χ2v) is 23.4. The molecule has 85 heavy (non-hydrogen) atoms. The molecule has 22 nitrogen and oxygen atoms in total. The molecule has 2 atom stereocenters. The Labute approximate surface area is 502 Å². The number of anilines is 2. The number of carbonyl (C=O) groups excluding carboxylic acids is 5. The summed E-state index contributed by atoms with van der Waals surface area (Å²) < 4.78 is 84.1. The van der Waals surface area contributed by atoms with Crippen molar-refractivity contribution in [1.29, 1.82) is 0 Å². The number of thiazole rings is 2. The van der Waals surface area contributed by atoms with Crippen molar-refractivity contribution in [2.24, 2.45) is 0 Å². The smallest absolute Gasteiger partial charge is 0.418 e. The molecule has 0 bridgehead atoms. The third kappa shape index (κ3) is 19.7. The fourth-order valence-corrected chi connectivity index (χ4v) is 10.4. The van der Waals surface area contributed by atoms with Gasteiger partial charge in [0.25, 0.3) is 23.6 Å². The van der Waals surface area contributed by atoms with Gasteiger partial charge in [-0.2, -0.15) is 26.3 Å². The van der Waals surface area contributed by atoms with E-state index in [0.717, 1.165) is 112 Å². The second-order valence-electron chi connectivity index (χ2n) is 20.4. The Kier molecular flexibility index (Phi) is 22.6. The van der Waals surface area contributed by atoms with Crippen molar-refractivity contribution in [2.45, 2.75) is 90.3 Å². The highest BCUT2D eigenvalue weighted by Crippen LogP contribution is 2.37. The molecule has 0 aliphatic carbocycles. The molecule has 5 amide bonds. The minimum atomic E-state index is -4.71. The summed E-state index contributed by atoms with van der Waals surface area (Å²) in [5, 5.41) is 13.2. The Hall–Kier alpha value is -7.09. The molecular weight excluding hydrogens is 1210 g/mol. The summed E-state index contributed by atoms with van der Waals surface area (Å²) in [5.41, 5.74) is -0.887. The standard InChI is InChI=1S/C29H34ClF3N8O4S.C24H26ClF3N8O2S/c1-17(26-35-15-22(46-26)25(43)39-23-13-19(29(31,32)33)20(30)14-34-23)38-24(42)21-12-18(36-16-37-21)6-5-7-40-8-10-41(11-9-40)27(44)45-28(2,3)4;1-14(34-21(37)18-9-15(32-13-33-18)3-2-6-36-7-4-29-5-8-36)23-31-12-19(39-23)22(38)35-20-10-16(24(26,27)28)17(25)11-30-20/h12-17H,5-11H2,1-4H3,(H,38,42)(H,34,39,43);9-14,29H,2-8H2,1H3,(H,34,37)(H,30,35,38). The number of carbonyl (C=O) groups is 5. The molecule has 2 fully saturated rings. The first kappa shape index (κ1) is 65.5. The molecule has 0 radical (unpaired) electrons. The van der Waals surface area contributed by atoms with Crippen LogP contribution in [0.1, 0.15) is 132 Å². The van der Waals surface area contributed by atoms with Gasteiger partial charge in [0.2, 0.25) is 0 Å². The summed E-state index contributed by atoms with van der Waals surface area (Å²) in [4.78, 5) is 102. The Balaban J connectivity index is 0.000000247. The number of piperazine rings is 2. The largest absolute Gasteiger partial charge is 0.444 e. The molecule has 6 aromatic heterocycles. The van der Waals surface area contributed by atoms with Crippen LogP contribution in [0.15, 0.2) is 61.7 Å². The van der Waals surface area contributed by atoms with Crippen molar-refractivity contribution in [1.82, 2.24) is 70.5 Å². The van der Waals surface area contributed by atoms with Crippen molar-refractivity contribution in [3.8, 4) is 0 Å². The van der Waals surface area contributed by atoms with Gasteiger partial charge in [0.1, 0.15) is 61.0 Å². The highest BCUT2D eigenvalue weighted by atomic mass is 35.5. The number of aryl methyl sites for hydroxylation is 2. The number of aromatic nitrogens is 8. The number of nitrogens with zero attached hydrogens (tertiary/aromatic N) is 11. The molecule has 2 unspecified atom stereocenters. The fraction of sp³-hybridized carbons (Fsp3) is 0.453. The van der Waals surface area contributed by atoms with Gasteiger partial charge in [0, 0.05) is 76.1 Å². The maximum Gasteiger partial charge on any atom is 0.418 e. The molecule has 0 aromatic carbocycles. The van der Waals surface area contributed by atoms with Gasteiger partial charge >= 0.3 is 18.4 Å². The molecule has 0 spiro atoms. The average Bonchev–Trinajstić information content (AvgIpc) is 3.32. The summed E-state index contributed by atoms with van der Waals surface area (Å²) in [6, 6.07) is 3.44. The number of halogens is 8. The number of amides is 5. The van der Waals surface area contributed by atoms with Crippen LogP contribution in [0.5, 0.6) is 0 Å². The molecule has 6 aromatic rings. The first-order valence-corrected chi connectivity index (χ1v) is 28.9. The molecule has 2 saturated heterocycles. The zero-order chi connectivity index (χ0) is 61.6. The van der Waals surface area contributed by atoms with E-state index in [1.54, 1.807) is 30.9 Å². The Morgan fingerprint density at radius 3 is 1.42 bits per heavy atom. The number of hydrogen-bond acceptors (Lipinski definition) is 19. The highest BCUT2D eigenvalue weighted by molar-refractivity contribution is 7.14. The van der Waals surface area contributed by atoms with Crippen LogP contribution in [0, 0.1) is 0 Å². The topological polar surface area (TPSA) is 268 Å². The Bertz CT molecular complexity index is 3300. The number of pyridine rings is 2. The van der Waals surface area contributed by atoms with Crippen LogP contribution in [0.2, 0.25) is 10.0 Å². The predicted molar refractivity (Wildman–Crippen MR) is 305 cm³/mol. The zero-order valence-electron chi connectivity index (χ0n) is 46.5. The lowest BCUT2D eigenvalue weighted by atomic mass is 10.2. The number of rotatable bonds is 18. The van der Waals surface area contributed by atoms with Gasteiger partial charge in [-0.25, -0.2) is 44.7 Å². The quantitative estimate of drug-likeness (QED) is 0.0503. The maximum absolute atomic E-state index is 13.1. The van der Waals surface area contributed by atoms with E-state index in [9.17, 15) is 50.3 Å². The Morgan fingerprint density at radius 1 is 0.588 bits per heavy atom. The van der Waals surface area contributed by atoms with Gasteiger partial charge in [-0.1, -0.05) is 23.2 Å². The normalized spacial score (nSPS) is 15.0. The van der Waals surface area contributed by atoms with E-state index >= 15 is 0 Å². The molecule has 2 aliphatic heterocycles. The van der Waals surface area contributed by atoms with Crippen molar-refractivity contribution >= 4 is 87.2 Å². The molecule has 0 saturated carbocycles. The summed E-state index contributed by atoms with van der Waals surface area (Å²) in [6.45, 7) is 17.4. The second kappa shape index (κ2) is 29.3. The van der Waals surface area contributed by atoms with Crippen LogP contribution in [0.25, 0.3) is 0 Å². The van der Waals surface area contributed by atoms with E-state index in [4.69, 9.17) is 27.9 Å². The average molecular weight is 1270 g/mol. The third-order valence-electron chi connectivity index (χ3n) is 12.7. The first-order chi connectivity index (χ1) is 40.2. The number of ether oxygens (including phenoxy) is 1. The van der Waals surface area contributed by atoms with E-state index in [-0.39, 0.29) is 38.9 Å². The molecule has 456 valence electrons. The SMILES string of the molecule is CC(NC(=O)c1cc(CCCN2CCN(C(=O)OC(C)(C)C)CC2)ncn1)c1ncc(C(=O)Nc2cc(C(F)(F)F)c(Cl)cn2)s1.CC(NC(=O)c1cc(CCCN2CCNCC2)ncn1)c1ncc(C(=O)Nc2cc(C(F)(F)F)c(Cl)cn2)s1. The van der Waals surface area contributed by atoms with Crippen LogP contribution in [-0.4, -0.2) is 155 Å². The third-order valence-corrected chi connectivity index (χ3v) is 15.7. The van der Waals surface area contributed by atoms with Gasteiger partial charge in [-0.15, -0.1) is 22.7 Å². The number of hydrogen-bond donors (Lipinski definition) is 5. The summed E-state index contributed by atoms with van der Waals surface area (Å²) in [5.74, 6) is -2.91. The monoisotopic (exact) mass is 1260 g/mol. The molecule has 32 heteroatoms. The minimum Gasteiger partial charge on any atom is -0.444 e. The van der Waals surface area contributed by atoms with E-state index < -0.39 is 74.8 Å².